The lowest BCUT2D eigenvalue weighted by atomic mass is 10.1. The first kappa shape index (κ1) is 11.2. The fourth-order valence-corrected chi connectivity index (χ4v) is 2.39. The van der Waals surface area contributed by atoms with Crippen molar-refractivity contribution in [2.75, 3.05) is 0 Å². The number of hydrogen-bond donors (Lipinski definition) is 1. The average Bonchev–Trinajstić information content (AvgIpc) is 2.65. The van der Waals surface area contributed by atoms with E-state index in [1.807, 2.05) is 0 Å². The van der Waals surface area contributed by atoms with E-state index >= 15 is 0 Å². The molecule has 2 heterocycles. The summed E-state index contributed by atoms with van der Waals surface area (Å²) in [6.07, 6.45) is 5.21. The van der Waals surface area contributed by atoms with E-state index in [9.17, 15) is 4.79 Å². The largest absolute Gasteiger partial charge is 0.481 e. The molecule has 0 radical (unpaired) electrons. The molecule has 1 N–H and O–H groups in total. The maximum atomic E-state index is 10.6. The lowest BCUT2D eigenvalue weighted by molar-refractivity contribution is -0.137. The summed E-state index contributed by atoms with van der Waals surface area (Å²) >= 11 is 0. The van der Waals surface area contributed by atoms with Crippen molar-refractivity contribution >= 4 is 5.97 Å². The number of aryl methyl sites for hydroxylation is 2. The van der Waals surface area contributed by atoms with Crippen LogP contribution < -0.4 is 0 Å². The second-order valence-electron chi connectivity index (χ2n) is 4.28. The van der Waals surface area contributed by atoms with Gasteiger partial charge < -0.3 is 9.67 Å². The van der Waals surface area contributed by atoms with Crippen molar-refractivity contribution in [1.82, 2.24) is 9.55 Å². The van der Waals surface area contributed by atoms with Gasteiger partial charge in [0.15, 0.2) is 0 Å². The standard InChI is InChI=1S/C12H18N2O2/c1-2-9-10-5-3-4-8-14(10)11(13-9)6-7-12(15)16/h2-8H2,1H3,(H,15,16). The summed E-state index contributed by atoms with van der Waals surface area (Å²) < 4.78 is 2.24. The number of fused-ring (bicyclic) bond motifs is 1. The second kappa shape index (κ2) is 4.68. The van der Waals surface area contributed by atoms with Crippen molar-refractivity contribution in [3.63, 3.8) is 0 Å². The van der Waals surface area contributed by atoms with Crippen LogP contribution in [0.4, 0.5) is 0 Å². The zero-order valence-electron chi connectivity index (χ0n) is 9.70. The average molecular weight is 222 g/mol. The summed E-state index contributed by atoms with van der Waals surface area (Å²) in [4.78, 5) is 15.2. The van der Waals surface area contributed by atoms with E-state index in [-0.39, 0.29) is 6.42 Å². The van der Waals surface area contributed by atoms with Crippen LogP contribution in [0.1, 0.15) is 43.4 Å². The molecule has 4 heteroatoms. The van der Waals surface area contributed by atoms with Gasteiger partial charge in [-0.15, -0.1) is 0 Å². The molecule has 88 valence electrons. The Bertz CT molecular complexity index is 396. The van der Waals surface area contributed by atoms with Crippen molar-refractivity contribution in [3.05, 3.63) is 17.2 Å². The highest BCUT2D eigenvalue weighted by molar-refractivity contribution is 5.66. The fraction of sp³-hybridized carbons (Fsp3) is 0.667. The van der Waals surface area contributed by atoms with Gasteiger partial charge in [0.05, 0.1) is 12.1 Å². The number of carboxylic acids is 1. The maximum absolute atomic E-state index is 10.6. The second-order valence-corrected chi connectivity index (χ2v) is 4.28. The Morgan fingerprint density at radius 2 is 2.31 bits per heavy atom. The van der Waals surface area contributed by atoms with E-state index in [0.29, 0.717) is 6.42 Å². The molecule has 1 aliphatic rings. The zero-order valence-corrected chi connectivity index (χ0v) is 9.70. The van der Waals surface area contributed by atoms with Crippen LogP contribution >= 0.6 is 0 Å². The Morgan fingerprint density at radius 3 is 3.00 bits per heavy atom. The molecule has 0 aliphatic carbocycles. The van der Waals surface area contributed by atoms with E-state index in [0.717, 1.165) is 25.2 Å². The van der Waals surface area contributed by atoms with Gasteiger partial charge in [0.25, 0.3) is 0 Å². The SMILES string of the molecule is CCc1nc(CCC(=O)O)n2c1CCCC2. The van der Waals surface area contributed by atoms with Gasteiger partial charge in [-0.2, -0.15) is 0 Å². The minimum Gasteiger partial charge on any atom is -0.481 e. The van der Waals surface area contributed by atoms with Gasteiger partial charge in [0.1, 0.15) is 5.82 Å². The number of nitrogens with zero attached hydrogens (tertiary/aromatic N) is 2. The van der Waals surface area contributed by atoms with Crippen LogP contribution in [0.15, 0.2) is 0 Å². The summed E-state index contributed by atoms with van der Waals surface area (Å²) in [5.41, 5.74) is 2.51. The lowest BCUT2D eigenvalue weighted by Gasteiger charge is -2.17. The first-order valence-corrected chi connectivity index (χ1v) is 6.01. The summed E-state index contributed by atoms with van der Waals surface area (Å²) in [7, 11) is 0. The Labute approximate surface area is 95.3 Å². The van der Waals surface area contributed by atoms with Crippen LogP contribution in [0.3, 0.4) is 0 Å². The molecular formula is C12H18N2O2. The third-order valence-corrected chi connectivity index (χ3v) is 3.18. The number of aromatic nitrogens is 2. The minimum atomic E-state index is -0.744. The number of rotatable bonds is 4. The molecule has 0 saturated heterocycles. The van der Waals surface area contributed by atoms with Crippen LogP contribution in [-0.4, -0.2) is 20.6 Å². The normalized spacial score (nSPS) is 14.8. The molecule has 0 fully saturated rings. The molecular weight excluding hydrogens is 204 g/mol. The van der Waals surface area contributed by atoms with E-state index in [1.165, 1.54) is 24.2 Å². The third kappa shape index (κ3) is 2.10. The highest BCUT2D eigenvalue weighted by Crippen LogP contribution is 2.22. The smallest absolute Gasteiger partial charge is 0.303 e. The molecule has 0 unspecified atom stereocenters. The van der Waals surface area contributed by atoms with E-state index in [2.05, 4.69) is 16.5 Å². The van der Waals surface area contributed by atoms with Crippen LogP contribution in [0.2, 0.25) is 0 Å². The molecule has 0 spiro atoms. The van der Waals surface area contributed by atoms with Crippen molar-refractivity contribution < 1.29 is 9.90 Å². The molecule has 1 aromatic heterocycles. The van der Waals surface area contributed by atoms with Crippen molar-refractivity contribution in [2.45, 2.75) is 52.0 Å². The predicted octanol–water partition coefficient (Wildman–Crippen LogP) is 1.80. The Balaban J connectivity index is 2.23. The Kier molecular flexibility index (Phi) is 3.27. The molecule has 4 nitrogen and oxygen atoms in total. The highest BCUT2D eigenvalue weighted by atomic mass is 16.4. The Hall–Kier alpha value is -1.32. The van der Waals surface area contributed by atoms with Gasteiger partial charge in [0, 0.05) is 18.7 Å². The van der Waals surface area contributed by atoms with E-state index in [1.54, 1.807) is 0 Å². The molecule has 0 amide bonds. The van der Waals surface area contributed by atoms with Gasteiger partial charge in [-0.25, -0.2) is 4.98 Å². The quantitative estimate of drug-likeness (QED) is 0.845. The first-order valence-electron chi connectivity index (χ1n) is 6.01. The molecule has 0 aromatic carbocycles. The molecule has 16 heavy (non-hydrogen) atoms. The van der Waals surface area contributed by atoms with Gasteiger partial charge in [-0.05, 0) is 25.7 Å². The van der Waals surface area contributed by atoms with Gasteiger partial charge in [-0.1, -0.05) is 6.92 Å². The molecule has 0 saturated carbocycles. The topological polar surface area (TPSA) is 55.1 Å². The zero-order chi connectivity index (χ0) is 11.5. The van der Waals surface area contributed by atoms with Crippen molar-refractivity contribution in [3.8, 4) is 0 Å². The summed E-state index contributed by atoms with van der Waals surface area (Å²) in [5, 5.41) is 8.71. The van der Waals surface area contributed by atoms with Gasteiger partial charge in [-0.3, -0.25) is 4.79 Å². The molecule has 2 rings (SSSR count). The minimum absolute atomic E-state index is 0.180. The van der Waals surface area contributed by atoms with Crippen molar-refractivity contribution in [1.29, 1.82) is 0 Å². The van der Waals surface area contributed by atoms with Crippen LogP contribution in [0.25, 0.3) is 0 Å². The Morgan fingerprint density at radius 1 is 1.50 bits per heavy atom. The number of hydrogen-bond acceptors (Lipinski definition) is 2. The summed E-state index contributed by atoms with van der Waals surface area (Å²) in [5.74, 6) is 0.222. The van der Waals surface area contributed by atoms with E-state index in [4.69, 9.17) is 5.11 Å². The summed E-state index contributed by atoms with van der Waals surface area (Å²) in [6, 6.07) is 0. The van der Waals surface area contributed by atoms with Crippen LogP contribution in [-0.2, 0) is 30.6 Å². The number of carbonyl (C=O) groups is 1. The molecule has 0 atom stereocenters. The van der Waals surface area contributed by atoms with E-state index < -0.39 is 5.97 Å². The molecule has 1 aromatic rings. The van der Waals surface area contributed by atoms with Crippen LogP contribution in [0.5, 0.6) is 0 Å². The fourth-order valence-electron chi connectivity index (χ4n) is 2.39. The number of aliphatic carboxylic acids is 1. The highest BCUT2D eigenvalue weighted by Gasteiger charge is 2.18. The first-order chi connectivity index (χ1) is 7.72. The van der Waals surface area contributed by atoms with Crippen molar-refractivity contribution in [2.24, 2.45) is 0 Å². The maximum Gasteiger partial charge on any atom is 0.303 e. The number of imidazole rings is 1. The summed E-state index contributed by atoms with van der Waals surface area (Å²) in [6.45, 7) is 3.12. The molecule has 1 aliphatic heterocycles. The van der Waals surface area contributed by atoms with Gasteiger partial charge >= 0.3 is 5.97 Å². The lowest BCUT2D eigenvalue weighted by Crippen LogP contribution is -2.14. The third-order valence-electron chi connectivity index (χ3n) is 3.18. The monoisotopic (exact) mass is 222 g/mol. The van der Waals surface area contributed by atoms with Crippen LogP contribution in [0, 0.1) is 0 Å². The number of carboxylic acid groups (broad SMARTS) is 1. The predicted molar refractivity (Wildman–Crippen MR) is 60.5 cm³/mol. The van der Waals surface area contributed by atoms with Gasteiger partial charge in [0.2, 0.25) is 0 Å². The molecule has 0 bridgehead atoms.